The molecule has 0 atom stereocenters. The van der Waals surface area contributed by atoms with Crippen molar-refractivity contribution in [3.8, 4) is 0 Å². The molecule has 0 aromatic heterocycles. The first-order chi connectivity index (χ1) is 8.27. The molecular weight excluding hydrogens is 240 g/mol. The lowest BCUT2D eigenvalue weighted by molar-refractivity contribution is -0.112. The SMILES string of the molecule is O=C(C1=NOCC1)N1CCc2c(Cl)cccc21. The van der Waals surface area contributed by atoms with Crippen LogP contribution in [0.25, 0.3) is 0 Å². The van der Waals surface area contributed by atoms with Gasteiger partial charge in [0.1, 0.15) is 12.3 Å². The number of hydrogen-bond acceptors (Lipinski definition) is 3. The van der Waals surface area contributed by atoms with Gasteiger partial charge in [0.25, 0.3) is 5.91 Å². The van der Waals surface area contributed by atoms with Crippen LogP contribution in [-0.4, -0.2) is 24.8 Å². The standard InChI is InChI=1S/C12H11ClN2O2/c13-9-2-1-3-11-8(9)4-6-15(11)12(16)10-5-7-17-14-10/h1-3H,4-7H2. The van der Waals surface area contributed by atoms with Gasteiger partial charge in [-0.25, -0.2) is 0 Å². The summed E-state index contributed by atoms with van der Waals surface area (Å²) in [5, 5.41) is 4.49. The molecule has 3 rings (SSSR count). The van der Waals surface area contributed by atoms with Crippen LogP contribution in [0.2, 0.25) is 5.02 Å². The second kappa shape index (κ2) is 4.04. The predicted molar refractivity (Wildman–Crippen MR) is 65.5 cm³/mol. The Hall–Kier alpha value is -1.55. The lowest BCUT2D eigenvalue weighted by atomic mass is 10.1. The quantitative estimate of drug-likeness (QED) is 0.765. The molecule has 0 spiro atoms. The number of halogens is 1. The molecule has 0 saturated heterocycles. The number of nitrogens with zero attached hydrogens (tertiary/aromatic N) is 2. The molecule has 4 nitrogen and oxygen atoms in total. The lowest BCUT2D eigenvalue weighted by Crippen LogP contribution is -2.34. The van der Waals surface area contributed by atoms with E-state index in [2.05, 4.69) is 5.16 Å². The van der Waals surface area contributed by atoms with Gasteiger partial charge in [-0.05, 0) is 24.1 Å². The minimum absolute atomic E-state index is 0.0662. The Morgan fingerprint density at radius 2 is 2.29 bits per heavy atom. The van der Waals surface area contributed by atoms with Crippen molar-refractivity contribution in [1.82, 2.24) is 0 Å². The molecular formula is C12H11ClN2O2. The number of amides is 1. The Morgan fingerprint density at radius 1 is 1.41 bits per heavy atom. The van der Waals surface area contributed by atoms with Gasteiger partial charge < -0.3 is 9.74 Å². The van der Waals surface area contributed by atoms with E-state index in [1.54, 1.807) is 4.90 Å². The fourth-order valence-corrected chi connectivity index (χ4v) is 2.48. The molecule has 0 unspecified atom stereocenters. The molecule has 2 aliphatic rings. The smallest absolute Gasteiger partial charge is 0.276 e. The first-order valence-electron chi connectivity index (χ1n) is 5.55. The van der Waals surface area contributed by atoms with E-state index in [1.165, 1.54) is 0 Å². The summed E-state index contributed by atoms with van der Waals surface area (Å²) >= 11 is 6.11. The van der Waals surface area contributed by atoms with Crippen LogP contribution in [0.3, 0.4) is 0 Å². The minimum Gasteiger partial charge on any atom is -0.395 e. The Balaban J connectivity index is 1.93. The molecule has 0 fully saturated rings. The highest BCUT2D eigenvalue weighted by molar-refractivity contribution is 6.44. The third-order valence-corrected chi connectivity index (χ3v) is 3.42. The molecule has 2 heterocycles. The zero-order chi connectivity index (χ0) is 11.8. The van der Waals surface area contributed by atoms with Crippen LogP contribution in [0.1, 0.15) is 12.0 Å². The van der Waals surface area contributed by atoms with Crippen molar-refractivity contribution >= 4 is 28.9 Å². The van der Waals surface area contributed by atoms with E-state index in [9.17, 15) is 4.79 Å². The Labute approximate surface area is 104 Å². The van der Waals surface area contributed by atoms with E-state index in [1.807, 2.05) is 18.2 Å². The average molecular weight is 251 g/mol. The van der Waals surface area contributed by atoms with Gasteiger partial charge in [-0.2, -0.15) is 0 Å². The maximum Gasteiger partial charge on any atom is 0.276 e. The summed E-state index contributed by atoms with van der Waals surface area (Å²) in [6.07, 6.45) is 1.39. The number of hydrogen-bond donors (Lipinski definition) is 0. The summed E-state index contributed by atoms with van der Waals surface area (Å²) in [6.45, 7) is 1.16. The summed E-state index contributed by atoms with van der Waals surface area (Å²) in [5.41, 5.74) is 2.44. The normalized spacial score (nSPS) is 17.7. The molecule has 0 bridgehead atoms. The van der Waals surface area contributed by atoms with E-state index in [0.717, 1.165) is 22.7 Å². The molecule has 2 aliphatic heterocycles. The second-order valence-corrected chi connectivity index (χ2v) is 4.47. The number of rotatable bonds is 1. The van der Waals surface area contributed by atoms with Gasteiger partial charge in [-0.3, -0.25) is 4.79 Å². The molecule has 1 aromatic rings. The summed E-state index contributed by atoms with van der Waals surface area (Å²) in [7, 11) is 0. The van der Waals surface area contributed by atoms with Crippen molar-refractivity contribution in [3.05, 3.63) is 28.8 Å². The third kappa shape index (κ3) is 1.69. The highest BCUT2D eigenvalue weighted by Gasteiger charge is 2.30. The van der Waals surface area contributed by atoms with Crippen molar-refractivity contribution in [2.75, 3.05) is 18.1 Å². The first kappa shape index (κ1) is 10.6. The van der Waals surface area contributed by atoms with E-state index >= 15 is 0 Å². The Kier molecular flexibility index (Phi) is 2.52. The van der Waals surface area contributed by atoms with Crippen LogP contribution in [0.4, 0.5) is 5.69 Å². The Morgan fingerprint density at radius 3 is 3.06 bits per heavy atom. The largest absolute Gasteiger partial charge is 0.395 e. The zero-order valence-electron chi connectivity index (χ0n) is 9.15. The molecule has 5 heteroatoms. The summed E-state index contributed by atoms with van der Waals surface area (Å²) in [5.74, 6) is -0.0662. The van der Waals surface area contributed by atoms with Crippen LogP contribution in [0, 0.1) is 0 Å². The lowest BCUT2D eigenvalue weighted by Gasteiger charge is -2.16. The number of carbonyl (C=O) groups excluding carboxylic acids is 1. The van der Waals surface area contributed by atoms with Crippen LogP contribution < -0.4 is 4.90 Å². The second-order valence-electron chi connectivity index (χ2n) is 4.07. The number of anilines is 1. The molecule has 0 radical (unpaired) electrons. The van der Waals surface area contributed by atoms with E-state index < -0.39 is 0 Å². The van der Waals surface area contributed by atoms with Gasteiger partial charge in [-0.1, -0.05) is 22.8 Å². The topological polar surface area (TPSA) is 41.9 Å². The van der Waals surface area contributed by atoms with Crippen molar-refractivity contribution < 1.29 is 9.63 Å². The number of oxime groups is 1. The van der Waals surface area contributed by atoms with Gasteiger partial charge in [-0.15, -0.1) is 0 Å². The first-order valence-corrected chi connectivity index (χ1v) is 5.93. The van der Waals surface area contributed by atoms with E-state index in [0.29, 0.717) is 25.3 Å². The maximum absolute atomic E-state index is 12.2. The van der Waals surface area contributed by atoms with Gasteiger partial charge in [0, 0.05) is 23.7 Å². The molecule has 1 amide bonds. The highest BCUT2D eigenvalue weighted by Crippen LogP contribution is 2.33. The van der Waals surface area contributed by atoms with Crippen LogP contribution >= 0.6 is 11.6 Å². The van der Waals surface area contributed by atoms with Crippen LogP contribution in [0.5, 0.6) is 0 Å². The zero-order valence-corrected chi connectivity index (χ0v) is 9.91. The van der Waals surface area contributed by atoms with Crippen LogP contribution in [-0.2, 0) is 16.1 Å². The van der Waals surface area contributed by atoms with Gasteiger partial charge in [0.15, 0.2) is 0 Å². The van der Waals surface area contributed by atoms with Gasteiger partial charge in [0.05, 0.1) is 0 Å². The monoisotopic (exact) mass is 250 g/mol. The fraction of sp³-hybridized carbons (Fsp3) is 0.333. The summed E-state index contributed by atoms with van der Waals surface area (Å²) in [6, 6.07) is 5.63. The maximum atomic E-state index is 12.2. The third-order valence-electron chi connectivity index (χ3n) is 3.07. The van der Waals surface area contributed by atoms with Gasteiger partial charge in [0.2, 0.25) is 0 Å². The highest BCUT2D eigenvalue weighted by atomic mass is 35.5. The molecule has 88 valence electrons. The number of benzene rings is 1. The Bertz CT molecular complexity index is 513. The van der Waals surface area contributed by atoms with Gasteiger partial charge >= 0.3 is 0 Å². The summed E-state index contributed by atoms with van der Waals surface area (Å²) in [4.78, 5) is 18.8. The predicted octanol–water partition coefficient (Wildman–Crippen LogP) is 2.01. The average Bonchev–Trinajstić information content (AvgIpc) is 2.98. The minimum atomic E-state index is -0.0662. The molecule has 0 aliphatic carbocycles. The van der Waals surface area contributed by atoms with Crippen molar-refractivity contribution in [2.24, 2.45) is 5.16 Å². The van der Waals surface area contributed by atoms with E-state index in [-0.39, 0.29) is 5.91 Å². The fourth-order valence-electron chi connectivity index (χ4n) is 2.22. The molecule has 1 aromatic carbocycles. The molecule has 0 saturated carbocycles. The summed E-state index contributed by atoms with van der Waals surface area (Å²) < 4.78 is 0. The van der Waals surface area contributed by atoms with E-state index in [4.69, 9.17) is 16.4 Å². The molecule has 0 N–H and O–H groups in total. The van der Waals surface area contributed by atoms with Crippen molar-refractivity contribution in [1.29, 1.82) is 0 Å². The number of fused-ring (bicyclic) bond motifs is 1. The van der Waals surface area contributed by atoms with Crippen molar-refractivity contribution in [2.45, 2.75) is 12.8 Å². The van der Waals surface area contributed by atoms with Crippen molar-refractivity contribution in [3.63, 3.8) is 0 Å². The van der Waals surface area contributed by atoms with Crippen LogP contribution in [0.15, 0.2) is 23.4 Å². The number of carbonyl (C=O) groups is 1. The molecule has 17 heavy (non-hydrogen) atoms.